The van der Waals surface area contributed by atoms with Crippen LogP contribution in [-0.2, 0) is 35.6 Å². The van der Waals surface area contributed by atoms with Gasteiger partial charge < -0.3 is 14.4 Å². The third-order valence-corrected chi connectivity index (χ3v) is 5.79. The first-order valence-electron chi connectivity index (χ1n) is 9.86. The minimum Gasteiger partial charge on any atom is -0.478 e. The second kappa shape index (κ2) is 8.91. The van der Waals surface area contributed by atoms with Crippen LogP contribution in [-0.4, -0.2) is 44.6 Å². The Morgan fingerprint density at radius 1 is 1.10 bits per heavy atom. The normalized spacial score (nSPS) is 16.0. The van der Waals surface area contributed by atoms with E-state index in [0.29, 0.717) is 31.1 Å². The SMILES string of the molecule is COC(=O)[C@@H]1Cc2ncn(Cc3ccc(Cl)cc3)c2CN1Cc1ccc(C(=O)O)cc1. The number of carbonyl (C=O) groups is 2. The fourth-order valence-electron chi connectivity index (χ4n) is 3.86. The molecule has 1 aromatic heterocycles. The molecule has 2 heterocycles. The fraction of sp³-hybridized carbons (Fsp3) is 0.261. The number of imidazole rings is 1. The van der Waals surface area contributed by atoms with E-state index in [1.54, 1.807) is 30.6 Å². The lowest BCUT2D eigenvalue weighted by Gasteiger charge is -2.34. The maximum Gasteiger partial charge on any atom is 0.335 e. The Morgan fingerprint density at radius 2 is 1.74 bits per heavy atom. The van der Waals surface area contributed by atoms with Gasteiger partial charge in [-0.15, -0.1) is 0 Å². The third-order valence-electron chi connectivity index (χ3n) is 5.54. The Kier molecular flexibility index (Phi) is 6.06. The van der Waals surface area contributed by atoms with Crippen LogP contribution in [0.25, 0.3) is 0 Å². The van der Waals surface area contributed by atoms with Gasteiger partial charge in [-0.25, -0.2) is 9.78 Å². The van der Waals surface area contributed by atoms with Crippen LogP contribution in [0.3, 0.4) is 0 Å². The number of rotatable bonds is 6. The van der Waals surface area contributed by atoms with Crippen molar-refractivity contribution in [3.8, 4) is 0 Å². The van der Waals surface area contributed by atoms with Gasteiger partial charge in [0.05, 0.1) is 30.4 Å². The number of carbonyl (C=O) groups excluding carboxylic acids is 1. The molecule has 0 saturated heterocycles. The average molecular weight is 440 g/mol. The molecular weight excluding hydrogens is 418 g/mol. The van der Waals surface area contributed by atoms with E-state index in [9.17, 15) is 9.59 Å². The lowest BCUT2D eigenvalue weighted by molar-refractivity contribution is -0.148. The van der Waals surface area contributed by atoms with Gasteiger partial charge in [-0.3, -0.25) is 9.69 Å². The molecule has 0 aliphatic carbocycles. The van der Waals surface area contributed by atoms with Gasteiger partial charge in [0, 0.05) is 31.1 Å². The minimum absolute atomic E-state index is 0.232. The van der Waals surface area contributed by atoms with Gasteiger partial charge in [-0.1, -0.05) is 35.9 Å². The highest BCUT2D eigenvalue weighted by Gasteiger charge is 2.34. The van der Waals surface area contributed by atoms with Crippen molar-refractivity contribution >= 4 is 23.5 Å². The van der Waals surface area contributed by atoms with E-state index >= 15 is 0 Å². The molecule has 2 aromatic carbocycles. The number of carboxylic acid groups (broad SMARTS) is 1. The van der Waals surface area contributed by atoms with Crippen LogP contribution in [0.5, 0.6) is 0 Å². The van der Waals surface area contributed by atoms with E-state index in [0.717, 1.165) is 22.5 Å². The number of ether oxygens (including phenoxy) is 1. The zero-order valence-corrected chi connectivity index (χ0v) is 17.7. The Bertz CT molecular complexity index is 1090. The molecule has 160 valence electrons. The van der Waals surface area contributed by atoms with E-state index < -0.39 is 12.0 Å². The van der Waals surface area contributed by atoms with Gasteiger partial charge in [-0.2, -0.15) is 0 Å². The highest BCUT2D eigenvalue weighted by atomic mass is 35.5. The number of nitrogens with zero attached hydrogens (tertiary/aromatic N) is 3. The highest BCUT2D eigenvalue weighted by Crippen LogP contribution is 2.26. The molecule has 0 amide bonds. The van der Waals surface area contributed by atoms with Crippen LogP contribution in [0.15, 0.2) is 54.9 Å². The maximum atomic E-state index is 12.5. The van der Waals surface area contributed by atoms with Crippen molar-refractivity contribution in [2.45, 2.75) is 32.1 Å². The van der Waals surface area contributed by atoms with Crippen LogP contribution in [0.1, 0.15) is 32.9 Å². The van der Waals surface area contributed by atoms with E-state index in [1.165, 1.54) is 7.11 Å². The molecule has 7 nitrogen and oxygen atoms in total. The summed E-state index contributed by atoms with van der Waals surface area (Å²) in [6.45, 7) is 1.68. The topological polar surface area (TPSA) is 84.7 Å². The molecule has 0 bridgehead atoms. The van der Waals surface area contributed by atoms with Crippen molar-refractivity contribution in [3.63, 3.8) is 0 Å². The van der Waals surface area contributed by atoms with Gasteiger partial charge in [0.25, 0.3) is 0 Å². The second-order valence-electron chi connectivity index (χ2n) is 7.54. The van der Waals surface area contributed by atoms with Crippen molar-refractivity contribution < 1.29 is 19.4 Å². The third kappa shape index (κ3) is 4.62. The summed E-state index contributed by atoms with van der Waals surface area (Å²) in [6, 6.07) is 13.9. The first-order valence-corrected chi connectivity index (χ1v) is 10.2. The molecular formula is C23H22ClN3O4. The maximum absolute atomic E-state index is 12.5. The first kappa shape index (κ1) is 21.1. The second-order valence-corrected chi connectivity index (χ2v) is 7.98. The molecule has 1 atom stereocenters. The predicted molar refractivity (Wildman–Crippen MR) is 115 cm³/mol. The summed E-state index contributed by atoms with van der Waals surface area (Å²) in [5.74, 6) is -1.27. The number of halogens is 1. The Balaban J connectivity index is 1.58. The molecule has 0 unspecified atom stereocenters. The monoisotopic (exact) mass is 439 g/mol. The number of esters is 1. The van der Waals surface area contributed by atoms with Crippen molar-refractivity contribution in [2.24, 2.45) is 0 Å². The summed E-state index contributed by atoms with van der Waals surface area (Å²) < 4.78 is 7.12. The van der Waals surface area contributed by atoms with Crippen LogP contribution in [0, 0.1) is 0 Å². The lowest BCUT2D eigenvalue weighted by Crippen LogP contribution is -2.46. The largest absolute Gasteiger partial charge is 0.478 e. The Labute approximate surface area is 184 Å². The van der Waals surface area contributed by atoms with Gasteiger partial charge in [0.15, 0.2) is 0 Å². The minimum atomic E-state index is -0.965. The summed E-state index contributed by atoms with van der Waals surface area (Å²) in [7, 11) is 1.39. The molecule has 0 saturated carbocycles. The zero-order chi connectivity index (χ0) is 22.0. The van der Waals surface area contributed by atoms with Crippen LogP contribution >= 0.6 is 11.6 Å². The number of hydrogen-bond acceptors (Lipinski definition) is 5. The van der Waals surface area contributed by atoms with Crippen molar-refractivity contribution in [1.29, 1.82) is 0 Å². The summed E-state index contributed by atoms with van der Waals surface area (Å²) in [4.78, 5) is 30.2. The molecule has 1 aliphatic heterocycles. The average Bonchev–Trinajstić information content (AvgIpc) is 3.16. The molecule has 4 rings (SSSR count). The van der Waals surface area contributed by atoms with E-state index in [1.807, 2.05) is 29.2 Å². The molecule has 0 fully saturated rings. The Morgan fingerprint density at radius 3 is 2.39 bits per heavy atom. The highest BCUT2D eigenvalue weighted by molar-refractivity contribution is 6.30. The zero-order valence-electron chi connectivity index (χ0n) is 17.0. The number of fused-ring (bicyclic) bond motifs is 1. The van der Waals surface area contributed by atoms with Crippen molar-refractivity contribution in [3.05, 3.63) is 88.0 Å². The lowest BCUT2D eigenvalue weighted by atomic mass is 10.0. The van der Waals surface area contributed by atoms with Crippen LogP contribution in [0.2, 0.25) is 5.02 Å². The smallest absolute Gasteiger partial charge is 0.335 e. The number of aromatic nitrogens is 2. The van der Waals surface area contributed by atoms with Gasteiger partial charge in [0.2, 0.25) is 0 Å². The van der Waals surface area contributed by atoms with Crippen LogP contribution < -0.4 is 0 Å². The van der Waals surface area contributed by atoms with E-state index in [2.05, 4.69) is 9.55 Å². The van der Waals surface area contributed by atoms with E-state index in [4.69, 9.17) is 21.4 Å². The molecule has 3 aromatic rings. The van der Waals surface area contributed by atoms with Crippen molar-refractivity contribution in [1.82, 2.24) is 14.5 Å². The van der Waals surface area contributed by atoms with Gasteiger partial charge in [0.1, 0.15) is 6.04 Å². The molecule has 0 spiro atoms. The van der Waals surface area contributed by atoms with Crippen LogP contribution in [0.4, 0.5) is 0 Å². The quantitative estimate of drug-likeness (QED) is 0.593. The molecule has 0 radical (unpaired) electrons. The first-order chi connectivity index (χ1) is 14.9. The summed E-state index contributed by atoms with van der Waals surface area (Å²) in [6.07, 6.45) is 2.27. The molecule has 1 N–H and O–H groups in total. The van der Waals surface area contributed by atoms with E-state index in [-0.39, 0.29) is 11.5 Å². The summed E-state index contributed by atoms with van der Waals surface area (Å²) >= 11 is 5.99. The fourth-order valence-corrected chi connectivity index (χ4v) is 3.99. The summed E-state index contributed by atoms with van der Waals surface area (Å²) in [5.41, 5.74) is 4.20. The predicted octanol–water partition coefficient (Wildman–Crippen LogP) is 3.38. The van der Waals surface area contributed by atoms with Gasteiger partial charge in [-0.05, 0) is 35.4 Å². The molecule has 8 heteroatoms. The number of methoxy groups -OCH3 is 1. The Hall–Kier alpha value is -3.16. The van der Waals surface area contributed by atoms with Crippen molar-refractivity contribution in [2.75, 3.05) is 7.11 Å². The number of benzene rings is 2. The number of carboxylic acids is 1. The number of aromatic carboxylic acids is 1. The summed E-state index contributed by atoms with van der Waals surface area (Å²) in [5, 5.41) is 9.80. The molecule has 1 aliphatic rings. The standard InChI is InChI=1S/C23H22ClN3O4/c1-31-23(30)20-10-19-21(27(14-25-19)12-16-4-8-18(24)9-5-16)13-26(20)11-15-2-6-17(7-3-15)22(28)29/h2-9,14,20H,10-13H2,1H3,(H,28,29)/t20-/m0/s1. The molecule has 31 heavy (non-hydrogen) atoms. The van der Waals surface area contributed by atoms with Gasteiger partial charge >= 0.3 is 11.9 Å². The number of hydrogen-bond donors (Lipinski definition) is 1.